The number of hydrogen-bond acceptors (Lipinski definition) is 7. The molecule has 0 aliphatic carbocycles. The Balaban J connectivity index is 1.30. The monoisotopic (exact) mass is 582 g/mol. The van der Waals surface area contributed by atoms with E-state index in [1.165, 1.54) is 28.7 Å². The molecular weight excluding hydrogens is 563 g/mol. The second-order valence-electron chi connectivity index (χ2n) is 9.11. The molecule has 2 aromatic heterocycles. The molecule has 0 saturated carbocycles. The summed E-state index contributed by atoms with van der Waals surface area (Å²) in [6.07, 6.45) is -6.72. The minimum absolute atomic E-state index is 0.0459. The Morgan fingerprint density at radius 1 is 0.975 bits per heavy atom. The Morgan fingerprint density at radius 3 is 2.45 bits per heavy atom. The van der Waals surface area contributed by atoms with Crippen molar-refractivity contribution < 1.29 is 44.6 Å². The van der Waals surface area contributed by atoms with Crippen LogP contribution in [0.2, 0.25) is 0 Å². The molecule has 4 heterocycles. The van der Waals surface area contributed by atoms with Crippen LogP contribution in [0.4, 0.5) is 22.0 Å². The van der Waals surface area contributed by atoms with Crippen LogP contribution in [-0.4, -0.2) is 53.0 Å². The molecule has 2 aliphatic rings. The summed E-state index contributed by atoms with van der Waals surface area (Å²) in [6, 6.07) is 11.8. The minimum atomic E-state index is -4.92. The average molecular weight is 583 g/mol. The van der Waals surface area contributed by atoms with Crippen molar-refractivity contribution in [2.75, 3.05) is 13.1 Å². The van der Waals surface area contributed by atoms with E-state index in [2.05, 4.69) is 24.2 Å². The molecule has 0 unspecified atom stereocenters. The molecule has 210 valence electrons. The highest BCUT2D eigenvalue weighted by atomic mass is 32.2. The van der Waals surface area contributed by atoms with Crippen LogP contribution in [0.1, 0.15) is 18.9 Å². The summed E-state index contributed by atoms with van der Waals surface area (Å²) >= 11 is 0. The summed E-state index contributed by atoms with van der Waals surface area (Å²) in [5, 5.41) is 0. The van der Waals surface area contributed by atoms with Crippen LogP contribution in [0.5, 0.6) is 17.2 Å². The summed E-state index contributed by atoms with van der Waals surface area (Å²) in [5.41, 5.74) is 0.980. The molecule has 15 heteroatoms. The Morgan fingerprint density at radius 2 is 1.70 bits per heavy atom. The molecule has 1 saturated heterocycles. The van der Waals surface area contributed by atoms with Gasteiger partial charge < -0.3 is 18.8 Å². The van der Waals surface area contributed by atoms with E-state index in [9.17, 15) is 30.4 Å². The zero-order valence-electron chi connectivity index (χ0n) is 20.3. The van der Waals surface area contributed by atoms with Crippen LogP contribution in [-0.2, 0) is 10.0 Å². The van der Waals surface area contributed by atoms with E-state index in [0.717, 1.165) is 18.2 Å². The van der Waals surface area contributed by atoms with Crippen LogP contribution in [0, 0.1) is 0 Å². The van der Waals surface area contributed by atoms with E-state index in [-0.39, 0.29) is 59.8 Å². The maximum atomic E-state index is 13.4. The molecule has 0 amide bonds. The van der Waals surface area contributed by atoms with E-state index in [1.807, 2.05) is 0 Å². The number of nitrogens with zero attached hydrogens (tertiary/aromatic N) is 4. The lowest BCUT2D eigenvalue weighted by Crippen LogP contribution is -2.39. The zero-order valence-corrected chi connectivity index (χ0v) is 21.1. The molecule has 4 aromatic rings. The number of hydrogen-bond donors (Lipinski definition) is 0. The summed E-state index contributed by atoms with van der Waals surface area (Å²) in [7, 11) is -4.08. The maximum Gasteiger partial charge on any atom is 0.586 e. The molecule has 0 bridgehead atoms. The minimum Gasteiger partial charge on any atom is -0.405 e. The normalized spacial score (nSPS) is 17.8. The van der Waals surface area contributed by atoms with Crippen molar-refractivity contribution in [3.8, 4) is 28.6 Å². The van der Waals surface area contributed by atoms with Crippen molar-refractivity contribution in [3.63, 3.8) is 0 Å². The molecule has 0 spiro atoms. The Labute approximate surface area is 223 Å². The second-order valence-corrected chi connectivity index (χ2v) is 11.0. The van der Waals surface area contributed by atoms with Gasteiger partial charge in [-0.2, -0.15) is 4.31 Å². The van der Waals surface area contributed by atoms with Crippen molar-refractivity contribution in [2.45, 2.75) is 36.4 Å². The lowest BCUT2D eigenvalue weighted by atomic mass is 10.1. The number of fused-ring (bicyclic) bond motifs is 2. The van der Waals surface area contributed by atoms with Gasteiger partial charge in [0, 0.05) is 31.4 Å². The first-order valence-electron chi connectivity index (χ1n) is 12.0. The van der Waals surface area contributed by atoms with Gasteiger partial charge in [0.05, 0.1) is 10.5 Å². The standard InChI is InChI=1S/C25H19F5N4O5S/c26-24(27,28)37-19-6-2-1-4-17(19)22-32-18-5-3-11-31-23(18)34(22)15-9-12-33(13-10-15)40(35,36)16-7-8-20-21(14-16)39-25(29,30)38-20/h1-8,11,14-15H,9-10,12-13H2. The van der Waals surface area contributed by atoms with Gasteiger partial charge >= 0.3 is 12.7 Å². The number of pyridine rings is 1. The number of ether oxygens (including phenoxy) is 3. The predicted octanol–water partition coefficient (Wildman–Crippen LogP) is 5.34. The highest BCUT2D eigenvalue weighted by molar-refractivity contribution is 7.89. The maximum absolute atomic E-state index is 13.4. The molecule has 2 aromatic carbocycles. The van der Waals surface area contributed by atoms with Crippen molar-refractivity contribution in [3.05, 3.63) is 60.8 Å². The van der Waals surface area contributed by atoms with E-state index < -0.39 is 28.4 Å². The molecule has 1 fully saturated rings. The van der Waals surface area contributed by atoms with Crippen LogP contribution >= 0.6 is 0 Å². The zero-order chi connectivity index (χ0) is 28.3. The Kier molecular flexibility index (Phi) is 6.10. The van der Waals surface area contributed by atoms with Crippen LogP contribution < -0.4 is 14.2 Å². The van der Waals surface area contributed by atoms with E-state index in [0.29, 0.717) is 11.2 Å². The van der Waals surface area contributed by atoms with E-state index in [1.54, 1.807) is 22.8 Å². The van der Waals surface area contributed by atoms with Gasteiger partial charge in [0.1, 0.15) is 17.1 Å². The third kappa shape index (κ3) is 4.79. The molecule has 0 radical (unpaired) electrons. The smallest absolute Gasteiger partial charge is 0.405 e. The highest BCUT2D eigenvalue weighted by Crippen LogP contribution is 2.43. The van der Waals surface area contributed by atoms with Crippen molar-refractivity contribution >= 4 is 21.2 Å². The fourth-order valence-corrected chi connectivity index (χ4v) is 6.40. The number of benzene rings is 2. The first-order valence-corrected chi connectivity index (χ1v) is 13.4. The topological polar surface area (TPSA) is 95.8 Å². The Hall–Kier alpha value is -3.98. The van der Waals surface area contributed by atoms with Crippen LogP contribution in [0.25, 0.3) is 22.6 Å². The summed E-state index contributed by atoms with van der Waals surface area (Å²) in [4.78, 5) is 8.69. The molecule has 40 heavy (non-hydrogen) atoms. The van der Waals surface area contributed by atoms with Crippen molar-refractivity contribution in [2.24, 2.45) is 0 Å². The second kappa shape index (κ2) is 9.30. The summed E-state index contributed by atoms with van der Waals surface area (Å²) in [6.45, 7) is 0.0918. The first kappa shape index (κ1) is 26.3. The number of piperidine rings is 1. The molecule has 6 rings (SSSR count). The largest absolute Gasteiger partial charge is 0.586 e. The number of alkyl halides is 5. The SMILES string of the molecule is O=S(=O)(c1ccc2c(c1)OC(F)(F)O2)N1CCC(n2c(-c3ccccc3OC(F)(F)F)nc3cccnc32)CC1. The van der Waals surface area contributed by atoms with Gasteiger partial charge in [-0.05, 0) is 49.2 Å². The molecule has 2 aliphatic heterocycles. The number of rotatable bonds is 5. The number of para-hydroxylation sites is 1. The third-order valence-corrected chi connectivity index (χ3v) is 8.50. The van der Waals surface area contributed by atoms with E-state index in [4.69, 9.17) is 0 Å². The van der Waals surface area contributed by atoms with Crippen molar-refractivity contribution in [1.29, 1.82) is 0 Å². The van der Waals surface area contributed by atoms with Gasteiger partial charge in [0.15, 0.2) is 17.1 Å². The molecule has 9 nitrogen and oxygen atoms in total. The lowest BCUT2D eigenvalue weighted by Gasteiger charge is -2.32. The van der Waals surface area contributed by atoms with Crippen LogP contribution in [0.15, 0.2) is 65.7 Å². The Bertz CT molecular complexity index is 1700. The van der Waals surface area contributed by atoms with Gasteiger partial charge in [-0.1, -0.05) is 12.1 Å². The summed E-state index contributed by atoms with van der Waals surface area (Å²) < 4.78 is 109. The molecule has 0 N–H and O–H groups in total. The number of aromatic nitrogens is 3. The molecular formula is C25H19F5N4O5S. The lowest BCUT2D eigenvalue weighted by molar-refractivity contribution is -0.286. The summed E-state index contributed by atoms with van der Waals surface area (Å²) in [5.74, 6) is -0.891. The van der Waals surface area contributed by atoms with Gasteiger partial charge in [-0.15, -0.1) is 22.0 Å². The predicted molar refractivity (Wildman–Crippen MR) is 129 cm³/mol. The van der Waals surface area contributed by atoms with Gasteiger partial charge in [-0.25, -0.2) is 18.4 Å². The number of imidazole rings is 1. The molecule has 0 atom stereocenters. The fourth-order valence-electron chi connectivity index (χ4n) is 4.91. The average Bonchev–Trinajstić information content (AvgIpc) is 3.43. The van der Waals surface area contributed by atoms with Gasteiger partial charge in [0.2, 0.25) is 10.0 Å². The fraction of sp³-hybridized carbons (Fsp3) is 0.280. The quantitative estimate of drug-likeness (QED) is 0.293. The first-order chi connectivity index (χ1) is 18.9. The number of halogens is 5. The van der Waals surface area contributed by atoms with Gasteiger partial charge in [0.25, 0.3) is 0 Å². The van der Waals surface area contributed by atoms with Crippen LogP contribution in [0.3, 0.4) is 0 Å². The van der Waals surface area contributed by atoms with Crippen molar-refractivity contribution in [1.82, 2.24) is 18.8 Å². The van der Waals surface area contributed by atoms with E-state index >= 15 is 0 Å². The third-order valence-electron chi connectivity index (χ3n) is 6.60. The number of sulfonamides is 1. The van der Waals surface area contributed by atoms with Gasteiger partial charge in [-0.3, -0.25) is 0 Å². The highest BCUT2D eigenvalue weighted by Gasteiger charge is 2.44.